The van der Waals surface area contributed by atoms with Crippen molar-refractivity contribution in [3.63, 3.8) is 0 Å². The van der Waals surface area contributed by atoms with Gasteiger partial charge in [0.25, 0.3) is 10.0 Å². The molecule has 3 rings (SSSR count). The molecule has 0 unspecified atom stereocenters. The van der Waals surface area contributed by atoms with E-state index in [9.17, 15) is 13.2 Å². The molecule has 0 bridgehead atoms. The Bertz CT molecular complexity index is 1030. The van der Waals surface area contributed by atoms with E-state index >= 15 is 0 Å². The lowest BCUT2D eigenvalue weighted by atomic mass is 10.2. The van der Waals surface area contributed by atoms with Gasteiger partial charge in [-0.25, -0.2) is 13.2 Å². The number of ether oxygens (including phenoxy) is 1. The minimum absolute atomic E-state index is 0.100. The van der Waals surface area contributed by atoms with Gasteiger partial charge in [-0.15, -0.1) is 0 Å². The molecule has 1 aromatic heterocycles. The lowest BCUT2D eigenvalue weighted by molar-refractivity contribution is 0.415. The van der Waals surface area contributed by atoms with Crippen molar-refractivity contribution in [1.29, 1.82) is 0 Å². The zero-order valence-corrected chi connectivity index (χ0v) is 13.3. The number of aryl methyl sites for hydroxylation is 1. The fourth-order valence-corrected chi connectivity index (χ4v) is 3.66. The van der Waals surface area contributed by atoms with E-state index in [0.717, 1.165) is 0 Å². The Morgan fingerprint density at radius 1 is 1.09 bits per heavy atom. The second-order valence-electron chi connectivity index (χ2n) is 5.08. The smallest absolute Gasteiger partial charge is 0.323 e. The fourth-order valence-electron chi connectivity index (χ4n) is 2.36. The van der Waals surface area contributed by atoms with E-state index in [1.807, 2.05) is 0 Å². The highest BCUT2D eigenvalue weighted by molar-refractivity contribution is 7.92. The molecule has 0 aliphatic heterocycles. The number of aromatic nitrogens is 2. The molecular formula is C15H15N3O4S. The van der Waals surface area contributed by atoms with Gasteiger partial charge in [-0.1, -0.05) is 6.07 Å². The van der Waals surface area contributed by atoms with Crippen molar-refractivity contribution in [2.45, 2.75) is 11.8 Å². The van der Waals surface area contributed by atoms with Crippen LogP contribution in [0, 0.1) is 6.92 Å². The third kappa shape index (κ3) is 2.93. The number of hydrogen-bond acceptors (Lipinski definition) is 4. The van der Waals surface area contributed by atoms with Gasteiger partial charge in [0.2, 0.25) is 0 Å². The number of hydrogen-bond donors (Lipinski definition) is 3. The average molecular weight is 333 g/mol. The molecule has 0 fully saturated rings. The van der Waals surface area contributed by atoms with Crippen LogP contribution in [0.25, 0.3) is 11.0 Å². The number of imidazole rings is 1. The van der Waals surface area contributed by atoms with Crippen LogP contribution in [0.3, 0.4) is 0 Å². The summed E-state index contributed by atoms with van der Waals surface area (Å²) in [5.74, 6) is 0.548. The highest BCUT2D eigenvalue weighted by atomic mass is 32.2. The molecule has 8 heteroatoms. The van der Waals surface area contributed by atoms with Gasteiger partial charge in [-0.3, -0.25) is 4.72 Å². The summed E-state index contributed by atoms with van der Waals surface area (Å²) >= 11 is 0. The fraction of sp³-hybridized carbons (Fsp3) is 0.133. The second-order valence-corrected chi connectivity index (χ2v) is 6.73. The zero-order chi connectivity index (χ0) is 16.6. The van der Waals surface area contributed by atoms with E-state index in [0.29, 0.717) is 28.0 Å². The molecule has 7 nitrogen and oxygen atoms in total. The van der Waals surface area contributed by atoms with Gasteiger partial charge in [0.15, 0.2) is 0 Å². The molecular weight excluding hydrogens is 318 g/mol. The monoisotopic (exact) mass is 333 g/mol. The number of H-pyrrole nitrogens is 2. The van der Waals surface area contributed by atoms with Crippen LogP contribution in [0.2, 0.25) is 0 Å². The number of nitrogens with one attached hydrogen (secondary N) is 3. The predicted octanol–water partition coefficient (Wildman–Crippen LogP) is 1.97. The van der Waals surface area contributed by atoms with E-state index in [1.165, 1.54) is 13.2 Å². The van der Waals surface area contributed by atoms with E-state index in [4.69, 9.17) is 4.74 Å². The number of anilines is 1. The maximum atomic E-state index is 12.6. The highest BCUT2D eigenvalue weighted by Gasteiger charge is 2.19. The molecule has 120 valence electrons. The first-order valence-corrected chi connectivity index (χ1v) is 8.27. The quantitative estimate of drug-likeness (QED) is 0.679. The summed E-state index contributed by atoms with van der Waals surface area (Å²) in [5.41, 5.74) is 1.55. The largest absolute Gasteiger partial charge is 0.497 e. The van der Waals surface area contributed by atoms with Crippen molar-refractivity contribution in [2.75, 3.05) is 11.8 Å². The number of methoxy groups -OCH3 is 1. The Labute approximate surface area is 132 Å². The van der Waals surface area contributed by atoms with E-state index in [-0.39, 0.29) is 10.6 Å². The molecule has 0 aliphatic carbocycles. The van der Waals surface area contributed by atoms with Gasteiger partial charge in [0, 0.05) is 6.07 Å². The van der Waals surface area contributed by atoms with Gasteiger partial charge in [0.1, 0.15) is 5.75 Å². The first-order valence-electron chi connectivity index (χ1n) is 6.78. The van der Waals surface area contributed by atoms with Crippen molar-refractivity contribution in [2.24, 2.45) is 0 Å². The van der Waals surface area contributed by atoms with E-state index < -0.39 is 10.0 Å². The Hall–Kier alpha value is -2.74. The molecule has 0 amide bonds. The lowest BCUT2D eigenvalue weighted by Gasteiger charge is -2.11. The van der Waals surface area contributed by atoms with Crippen LogP contribution in [0.4, 0.5) is 5.69 Å². The zero-order valence-electron chi connectivity index (χ0n) is 12.5. The number of aromatic amines is 2. The maximum absolute atomic E-state index is 12.6. The molecule has 0 atom stereocenters. The minimum Gasteiger partial charge on any atom is -0.497 e. The van der Waals surface area contributed by atoms with Crippen LogP contribution in [0.15, 0.2) is 46.1 Å². The van der Waals surface area contributed by atoms with Crippen LogP contribution in [0.1, 0.15) is 5.56 Å². The van der Waals surface area contributed by atoms with Crippen LogP contribution in [-0.4, -0.2) is 25.5 Å². The molecule has 0 spiro atoms. The summed E-state index contributed by atoms with van der Waals surface area (Å²) in [4.78, 5) is 16.6. The molecule has 3 N–H and O–H groups in total. The first-order chi connectivity index (χ1) is 10.9. The number of sulfonamides is 1. The van der Waals surface area contributed by atoms with Gasteiger partial charge in [-0.05, 0) is 36.8 Å². The Morgan fingerprint density at radius 2 is 1.78 bits per heavy atom. The van der Waals surface area contributed by atoms with Crippen molar-refractivity contribution >= 4 is 26.7 Å². The first kappa shape index (κ1) is 15.2. The van der Waals surface area contributed by atoms with Crippen LogP contribution >= 0.6 is 0 Å². The average Bonchev–Trinajstić information content (AvgIpc) is 2.85. The molecule has 0 aliphatic rings. The predicted molar refractivity (Wildman–Crippen MR) is 87.5 cm³/mol. The topological polar surface area (TPSA) is 104 Å². The molecule has 3 aromatic rings. The molecule has 0 radical (unpaired) electrons. The summed E-state index contributed by atoms with van der Waals surface area (Å²) in [6.45, 7) is 1.67. The van der Waals surface area contributed by atoms with E-state index in [1.54, 1.807) is 37.3 Å². The highest BCUT2D eigenvalue weighted by Crippen LogP contribution is 2.24. The number of rotatable bonds is 4. The van der Waals surface area contributed by atoms with Crippen LogP contribution < -0.4 is 15.1 Å². The third-order valence-corrected chi connectivity index (χ3v) is 4.95. The second kappa shape index (κ2) is 5.47. The van der Waals surface area contributed by atoms with Gasteiger partial charge >= 0.3 is 5.69 Å². The molecule has 0 saturated carbocycles. The molecule has 1 heterocycles. The molecule has 2 aromatic carbocycles. The van der Waals surface area contributed by atoms with Gasteiger partial charge < -0.3 is 14.7 Å². The normalized spacial score (nSPS) is 11.6. The van der Waals surface area contributed by atoms with Gasteiger partial charge in [0.05, 0.1) is 28.7 Å². The van der Waals surface area contributed by atoms with Crippen LogP contribution in [-0.2, 0) is 10.0 Å². The summed E-state index contributed by atoms with van der Waals surface area (Å²) in [5, 5.41) is 0. The Balaban J connectivity index is 2.04. The summed E-state index contributed by atoms with van der Waals surface area (Å²) in [7, 11) is -2.28. The van der Waals surface area contributed by atoms with Crippen molar-refractivity contribution in [1.82, 2.24) is 9.97 Å². The summed E-state index contributed by atoms with van der Waals surface area (Å²) in [6.07, 6.45) is 0. The van der Waals surface area contributed by atoms with Crippen molar-refractivity contribution in [3.05, 3.63) is 52.4 Å². The Morgan fingerprint density at radius 3 is 2.48 bits per heavy atom. The SMILES string of the molecule is COc1cccc(NS(=O)(=O)c2cc3[nH]c(=O)[nH]c3cc2C)c1. The summed E-state index contributed by atoms with van der Waals surface area (Å²) < 4.78 is 32.8. The third-order valence-electron chi connectivity index (χ3n) is 3.42. The van der Waals surface area contributed by atoms with Gasteiger partial charge in [-0.2, -0.15) is 0 Å². The standard InChI is InChI=1S/C15H15N3O4S/c1-9-6-12-13(17-15(19)16-12)8-14(9)23(20,21)18-10-4-3-5-11(7-10)22-2/h3-8,18H,1-2H3,(H2,16,17,19). The lowest BCUT2D eigenvalue weighted by Crippen LogP contribution is -2.14. The number of benzene rings is 2. The Kier molecular flexibility index (Phi) is 3.61. The van der Waals surface area contributed by atoms with Crippen LogP contribution in [0.5, 0.6) is 5.75 Å². The summed E-state index contributed by atoms with van der Waals surface area (Å²) in [6, 6.07) is 9.68. The van der Waals surface area contributed by atoms with Crippen molar-refractivity contribution in [3.8, 4) is 5.75 Å². The number of fused-ring (bicyclic) bond motifs is 1. The molecule has 23 heavy (non-hydrogen) atoms. The molecule has 0 saturated heterocycles. The van der Waals surface area contributed by atoms with Crippen molar-refractivity contribution < 1.29 is 13.2 Å². The minimum atomic E-state index is -3.79. The maximum Gasteiger partial charge on any atom is 0.323 e. The van der Waals surface area contributed by atoms with E-state index in [2.05, 4.69) is 14.7 Å².